The van der Waals surface area contributed by atoms with Gasteiger partial charge in [0.25, 0.3) is 5.69 Å². The van der Waals surface area contributed by atoms with Gasteiger partial charge in [-0.15, -0.1) is 0 Å². The Morgan fingerprint density at radius 3 is 2.12 bits per heavy atom. The van der Waals surface area contributed by atoms with E-state index in [1.807, 2.05) is 18.2 Å². The number of allylic oxidation sites excluding steroid dienone is 1. The highest BCUT2D eigenvalue weighted by atomic mass is 16.6. The fourth-order valence-electron chi connectivity index (χ4n) is 3.77. The lowest BCUT2D eigenvalue weighted by atomic mass is 10.0. The van der Waals surface area contributed by atoms with Crippen LogP contribution in [0.15, 0.2) is 42.5 Å². The van der Waals surface area contributed by atoms with Crippen molar-refractivity contribution in [2.75, 3.05) is 13.7 Å². The summed E-state index contributed by atoms with van der Waals surface area (Å²) in [4.78, 5) is 10.4. The van der Waals surface area contributed by atoms with Crippen LogP contribution in [0.3, 0.4) is 0 Å². The Balaban J connectivity index is 1.84. The molecule has 0 aromatic heterocycles. The first kappa shape index (κ1) is 26.9. The first-order valence-electron chi connectivity index (χ1n) is 12.3. The lowest BCUT2D eigenvalue weighted by molar-refractivity contribution is -0.384. The third-order valence-electron chi connectivity index (χ3n) is 5.76. The molecular weight excluding hydrogens is 428 g/mol. The minimum atomic E-state index is -0.460. The summed E-state index contributed by atoms with van der Waals surface area (Å²) in [7, 11) is 1.59. The lowest BCUT2D eigenvalue weighted by Crippen LogP contribution is -1.99. The Hall–Kier alpha value is -3.33. The lowest BCUT2D eigenvalue weighted by Gasteiger charge is -2.11. The van der Waals surface area contributed by atoms with E-state index in [1.54, 1.807) is 25.3 Å². The summed E-state index contributed by atoms with van der Waals surface area (Å²) in [5, 5.41) is 20.4. The zero-order valence-electron chi connectivity index (χ0n) is 20.4. The Kier molecular flexibility index (Phi) is 12.3. The third kappa shape index (κ3) is 9.27. The van der Waals surface area contributed by atoms with Crippen LogP contribution in [0.5, 0.6) is 11.5 Å². The molecule has 182 valence electrons. The summed E-state index contributed by atoms with van der Waals surface area (Å²) in [6.45, 7) is 2.90. The maximum atomic E-state index is 10.8. The van der Waals surface area contributed by atoms with E-state index in [1.165, 1.54) is 69.9 Å². The van der Waals surface area contributed by atoms with E-state index in [4.69, 9.17) is 9.47 Å². The highest BCUT2D eigenvalue weighted by Crippen LogP contribution is 2.30. The van der Waals surface area contributed by atoms with Crippen LogP contribution in [-0.4, -0.2) is 18.6 Å². The number of nitro benzene ring substituents is 1. The molecule has 0 spiro atoms. The smallest absolute Gasteiger partial charge is 0.269 e. The van der Waals surface area contributed by atoms with Gasteiger partial charge in [0.15, 0.2) is 11.5 Å². The molecule has 0 unspecified atom stereocenters. The van der Waals surface area contributed by atoms with Crippen LogP contribution >= 0.6 is 0 Å². The van der Waals surface area contributed by atoms with Gasteiger partial charge in [0, 0.05) is 12.1 Å². The van der Waals surface area contributed by atoms with Gasteiger partial charge in [-0.1, -0.05) is 70.8 Å². The topological polar surface area (TPSA) is 85.4 Å². The second kappa shape index (κ2) is 15.5. The number of hydrogen-bond donors (Lipinski definition) is 0. The van der Waals surface area contributed by atoms with Crippen molar-refractivity contribution in [1.29, 1.82) is 5.26 Å². The molecule has 6 heteroatoms. The van der Waals surface area contributed by atoms with Crippen LogP contribution in [0.1, 0.15) is 82.3 Å². The first-order chi connectivity index (χ1) is 16.6. The molecule has 0 N–H and O–H groups in total. The molecule has 0 aliphatic heterocycles. The normalized spacial score (nSPS) is 11.1. The van der Waals surface area contributed by atoms with Crippen molar-refractivity contribution in [3.05, 3.63) is 63.7 Å². The van der Waals surface area contributed by atoms with Crippen molar-refractivity contribution in [1.82, 2.24) is 0 Å². The van der Waals surface area contributed by atoms with E-state index in [0.717, 1.165) is 12.0 Å². The summed E-state index contributed by atoms with van der Waals surface area (Å²) >= 11 is 0. The number of non-ortho nitro benzene ring substituents is 1. The van der Waals surface area contributed by atoms with E-state index in [0.29, 0.717) is 29.2 Å². The Morgan fingerprint density at radius 1 is 0.941 bits per heavy atom. The van der Waals surface area contributed by atoms with Crippen LogP contribution < -0.4 is 9.47 Å². The molecule has 0 bridgehead atoms. The van der Waals surface area contributed by atoms with E-state index in [2.05, 4.69) is 13.0 Å². The fraction of sp³-hybridized carbons (Fsp3) is 0.464. The third-order valence-corrected chi connectivity index (χ3v) is 5.76. The Bertz CT molecular complexity index is 961. The summed E-state index contributed by atoms with van der Waals surface area (Å²) < 4.78 is 11.4. The molecule has 0 radical (unpaired) electrons. The van der Waals surface area contributed by atoms with Gasteiger partial charge >= 0.3 is 0 Å². The largest absolute Gasteiger partial charge is 0.493 e. The van der Waals surface area contributed by atoms with E-state index >= 15 is 0 Å². The Morgan fingerprint density at radius 2 is 1.56 bits per heavy atom. The van der Waals surface area contributed by atoms with E-state index in [9.17, 15) is 15.4 Å². The zero-order valence-corrected chi connectivity index (χ0v) is 20.4. The van der Waals surface area contributed by atoms with E-state index in [-0.39, 0.29) is 5.69 Å². The number of benzene rings is 2. The molecule has 34 heavy (non-hydrogen) atoms. The predicted molar refractivity (Wildman–Crippen MR) is 137 cm³/mol. The minimum Gasteiger partial charge on any atom is -0.493 e. The van der Waals surface area contributed by atoms with Crippen LogP contribution in [0.25, 0.3) is 11.6 Å². The van der Waals surface area contributed by atoms with Crippen LogP contribution in [0.2, 0.25) is 0 Å². The van der Waals surface area contributed by atoms with Gasteiger partial charge in [0.2, 0.25) is 0 Å². The quantitative estimate of drug-likeness (QED) is 0.0826. The van der Waals surface area contributed by atoms with E-state index < -0.39 is 4.92 Å². The van der Waals surface area contributed by atoms with Gasteiger partial charge in [0.1, 0.15) is 0 Å². The molecule has 2 aromatic rings. The van der Waals surface area contributed by atoms with Gasteiger partial charge in [0.05, 0.1) is 30.3 Å². The predicted octanol–water partition coefficient (Wildman–Crippen LogP) is 7.97. The number of nitrogens with zero attached hydrogens (tertiary/aromatic N) is 2. The standard InChI is InChI=1S/C28H36N2O4/c1-3-4-5-6-7-8-9-10-11-12-19-34-27-18-13-23(21-28(27)33-2)20-25(22-29)24-14-16-26(17-15-24)30(31)32/h13-18,20-21H,3-12,19H2,1-2H3/b25-20+. The molecule has 2 aromatic carbocycles. The number of nitriles is 1. The van der Waals surface area contributed by atoms with Crippen molar-refractivity contribution < 1.29 is 14.4 Å². The van der Waals surface area contributed by atoms with Gasteiger partial charge < -0.3 is 9.47 Å². The van der Waals surface area contributed by atoms with Gasteiger partial charge in [-0.05, 0) is 47.9 Å². The number of ether oxygens (including phenoxy) is 2. The zero-order chi connectivity index (χ0) is 24.6. The van der Waals surface area contributed by atoms with Gasteiger partial charge in [-0.2, -0.15) is 5.26 Å². The van der Waals surface area contributed by atoms with Crippen molar-refractivity contribution in [2.24, 2.45) is 0 Å². The summed E-state index contributed by atoms with van der Waals surface area (Å²) in [6.07, 6.45) is 14.5. The fourth-order valence-corrected chi connectivity index (χ4v) is 3.77. The molecule has 6 nitrogen and oxygen atoms in total. The summed E-state index contributed by atoms with van der Waals surface area (Å²) in [5.74, 6) is 1.30. The average Bonchev–Trinajstić information content (AvgIpc) is 2.86. The average molecular weight is 465 g/mol. The summed E-state index contributed by atoms with van der Waals surface area (Å²) in [6, 6.07) is 13.7. The minimum absolute atomic E-state index is 0.00776. The van der Waals surface area contributed by atoms with Crippen molar-refractivity contribution in [3.8, 4) is 17.6 Å². The number of methoxy groups -OCH3 is 1. The van der Waals surface area contributed by atoms with Crippen molar-refractivity contribution in [2.45, 2.75) is 71.1 Å². The molecule has 0 saturated heterocycles. The molecule has 0 saturated carbocycles. The molecule has 2 rings (SSSR count). The van der Waals surface area contributed by atoms with Crippen LogP contribution in [-0.2, 0) is 0 Å². The van der Waals surface area contributed by atoms with Crippen LogP contribution in [0.4, 0.5) is 5.69 Å². The number of unbranched alkanes of at least 4 members (excludes halogenated alkanes) is 9. The number of hydrogen-bond acceptors (Lipinski definition) is 5. The molecule has 0 aliphatic carbocycles. The highest BCUT2D eigenvalue weighted by molar-refractivity contribution is 5.90. The Labute approximate surface area is 203 Å². The molecule has 0 amide bonds. The SMILES string of the molecule is CCCCCCCCCCCCOc1ccc(/C=C(\C#N)c2ccc([N+](=O)[O-])cc2)cc1OC. The summed E-state index contributed by atoms with van der Waals surface area (Å²) in [5.41, 5.74) is 1.81. The maximum absolute atomic E-state index is 10.8. The number of nitro groups is 1. The monoisotopic (exact) mass is 464 g/mol. The second-order valence-corrected chi connectivity index (χ2v) is 8.41. The van der Waals surface area contributed by atoms with Gasteiger partial charge in [-0.3, -0.25) is 10.1 Å². The number of rotatable bonds is 16. The first-order valence-corrected chi connectivity index (χ1v) is 12.3. The highest BCUT2D eigenvalue weighted by Gasteiger charge is 2.09. The van der Waals surface area contributed by atoms with Gasteiger partial charge in [-0.25, -0.2) is 0 Å². The van der Waals surface area contributed by atoms with Crippen molar-refractivity contribution in [3.63, 3.8) is 0 Å². The molecule has 0 fully saturated rings. The second-order valence-electron chi connectivity index (χ2n) is 8.41. The molecule has 0 heterocycles. The maximum Gasteiger partial charge on any atom is 0.269 e. The van der Waals surface area contributed by atoms with Crippen molar-refractivity contribution >= 4 is 17.3 Å². The van der Waals surface area contributed by atoms with Crippen LogP contribution in [0, 0.1) is 21.4 Å². The molecule has 0 atom stereocenters. The molecule has 0 aliphatic rings. The molecular formula is C28H36N2O4.